The van der Waals surface area contributed by atoms with Crippen molar-refractivity contribution in [2.45, 2.75) is 165 Å². The van der Waals surface area contributed by atoms with Gasteiger partial charge in [0.25, 0.3) is 0 Å². The summed E-state index contributed by atoms with van der Waals surface area (Å²) in [7, 11) is 0. The highest BCUT2D eigenvalue weighted by molar-refractivity contribution is 6.30. The van der Waals surface area contributed by atoms with Gasteiger partial charge >= 0.3 is 18.0 Å². The summed E-state index contributed by atoms with van der Waals surface area (Å²) in [5.74, 6) is -13.2. The number of aromatic hydroxyl groups is 3. The summed E-state index contributed by atoms with van der Waals surface area (Å²) in [6, 6.07) is 30.2. The number of nitrogens with zero attached hydrogens (tertiary/aromatic N) is 3. The molecule has 1 fully saturated rings. The van der Waals surface area contributed by atoms with Gasteiger partial charge in [-0.2, -0.15) is 0 Å². The van der Waals surface area contributed by atoms with Gasteiger partial charge in [-0.15, -0.1) is 0 Å². The van der Waals surface area contributed by atoms with Gasteiger partial charge in [0.15, 0.2) is 5.96 Å². The number of likely N-dealkylation sites (tertiary alicyclic amines) is 1. The number of phenols is 3. The Labute approximate surface area is 758 Å². The Hall–Kier alpha value is -15.0. The number of carboxylic acid groups (broad SMARTS) is 2. The third kappa shape index (κ3) is 29.0. The molecule has 1 aliphatic rings. The number of aromatic nitrogens is 1. The van der Waals surface area contributed by atoms with E-state index in [4.69, 9.17) is 34.5 Å². The number of benzene rings is 8. The van der Waals surface area contributed by atoms with Gasteiger partial charge in [0.1, 0.15) is 88.8 Å². The maximum absolute atomic E-state index is 14.9. The molecule has 1 aliphatic heterocycles. The molecule has 0 radical (unpaired) electrons. The second-order valence-electron chi connectivity index (χ2n) is 32.1. The van der Waals surface area contributed by atoms with Crippen molar-refractivity contribution in [1.29, 1.82) is 0 Å². The van der Waals surface area contributed by atoms with Gasteiger partial charge in [0, 0.05) is 87.2 Å². The molecule has 10 rings (SSSR count). The van der Waals surface area contributed by atoms with E-state index in [0.29, 0.717) is 66.4 Å². The summed E-state index contributed by atoms with van der Waals surface area (Å²) in [5.41, 5.74) is 24.0. The highest BCUT2D eigenvalue weighted by Gasteiger charge is 2.41. The maximum atomic E-state index is 14.9. The first kappa shape index (κ1) is 99.8. The number of nitrogens with two attached hydrogens (primary N) is 4. The summed E-state index contributed by atoms with van der Waals surface area (Å²) in [4.78, 5) is 199. The summed E-state index contributed by atoms with van der Waals surface area (Å²) in [5, 5.41) is 92.3. The van der Waals surface area contributed by atoms with Crippen molar-refractivity contribution in [3.05, 3.63) is 226 Å². The highest BCUT2D eigenvalue weighted by atomic mass is 35.5. The first-order chi connectivity index (χ1) is 62.4. The molecular formula is C93H108ClN17O20. The van der Waals surface area contributed by atoms with Gasteiger partial charge in [-0.1, -0.05) is 147 Å². The van der Waals surface area contributed by atoms with E-state index in [0.717, 1.165) is 10.8 Å². The molecule has 24 N–H and O–H groups in total. The van der Waals surface area contributed by atoms with Crippen LogP contribution in [0.5, 0.6) is 17.2 Å². The molecule has 131 heavy (non-hydrogen) atoms. The van der Waals surface area contributed by atoms with Crippen LogP contribution in [0.1, 0.15) is 127 Å². The van der Waals surface area contributed by atoms with E-state index in [9.17, 15) is 97.8 Å². The number of nitrogens with one attached hydrogen (secondary N) is 10. The van der Waals surface area contributed by atoms with Crippen LogP contribution < -0.4 is 76.1 Å². The summed E-state index contributed by atoms with van der Waals surface area (Å²) in [6.45, 7) is 5.15. The molecule has 2 heterocycles. The number of pyridine rings is 1. The van der Waals surface area contributed by atoms with Crippen molar-refractivity contribution >= 4 is 133 Å². The van der Waals surface area contributed by atoms with Crippen LogP contribution >= 0.6 is 11.6 Å². The number of halogens is 1. The van der Waals surface area contributed by atoms with Gasteiger partial charge in [-0.25, -0.2) is 14.4 Å². The first-order valence-electron chi connectivity index (χ1n) is 42.3. The monoisotopic (exact) mass is 1820 g/mol. The Morgan fingerprint density at radius 3 is 1.47 bits per heavy atom. The number of carbonyl (C=O) groups excluding carboxylic acids is 12. The number of urea groups is 1. The normalized spacial score (nSPS) is 14.3. The average Bonchev–Trinajstić information content (AvgIpc) is 1.33. The van der Waals surface area contributed by atoms with Gasteiger partial charge in [-0.3, -0.25) is 62.7 Å². The van der Waals surface area contributed by atoms with E-state index < -0.39 is 161 Å². The Bertz CT molecular complexity index is 5590. The predicted octanol–water partition coefficient (Wildman–Crippen LogP) is 3.68. The zero-order valence-electron chi connectivity index (χ0n) is 72.3. The number of amides is 13. The van der Waals surface area contributed by atoms with E-state index in [1.54, 1.807) is 98.8 Å². The lowest BCUT2D eigenvalue weighted by Crippen LogP contribution is -2.61. The highest BCUT2D eigenvalue weighted by Crippen LogP contribution is 2.39. The molecule has 0 saturated carbocycles. The lowest BCUT2D eigenvalue weighted by Gasteiger charge is -2.31. The number of aromatic carboxylic acids is 2. The lowest BCUT2D eigenvalue weighted by atomic mass is 9.90. The predicted molar refractivity (Wildman–Crippen MR) is 486 cm³/mol. The molecule has 1 aromatic heterocycles. The van der Waals surface area contributed by atoms with Crippen LogP contribution in [0.3, 0.4) is 0 Å². The van der Waals surface area contributed by atoms with Crippen LogP contribution in [0.15, 0.2) is 181 Å². The third-order valence-electron chi connectivity index (χ3n) is 21.7. The number of aliphatic imine (C=N–C) groups is 1. The number of aliphatic hydroxyl groups excluding tert-OH is 1. The summed E-state index contributed by atoms with van der Waals surface area (Å²) >= 11 is 6.23. The van der Waals surface area contributed by atoms with E-state index in [2.05, 4.69) is 63.1 Å². The minimum Gasteiger partial charge on any atom is -0.508 e. The van der Waals surface area contributed by atoms with E-state index in [1.807, 2.05) is 42.5 Å². The number of guanidine groups is 1. The van der Waals surface area contributed by atoms with Crippen molar-refractivity contribution in [1.82, 2.24) is 63.1 Å². The number of hydrogen-bond acceptors (Lipinski definition) is 20. The average molecular weight is 1820 g/mol. The second-order valence-corrected chi connectivity index (χ2v) is 32.5. The fourth-order valence-electron chi connectivity index (χ4n) is 15.1. The number of aliphatic hydroxyl groups is 1. The van der Waals surface area contributed by atoms with Crippen LogP contribution in [0, 0.1) is 5.92 Å². The number of phenolic OH excluding ortho intramolecular Hbond substituents is 1. The largest absolute Gasteiger partial charge is 0.508 e. The minimum absolute atomic E-state index is 0.000209. The Balaban J connectivity index is 0.000000556. The number of rotatable bonds is 42. The van der Waals surface area contributed by atoms with Crippen molar-refractivity contribution in [3.8, 4) is 17.2 Å². The molecule has 10 atom stereocenters. The SMILES string of the molecule is CC(=O)N[C@H](Cc1ccc2ccccc2c1)C(=O)N[C@@H](Cc1ccc(Cl)cc1)C(=O)N[C@H](Cc1cccnc1)C(=O)N[C@@H](CO)C(=O)N[C@@H](Cc1ccc(O)cc1)C(=O)N[C@H](CCCNC(N)=O)C(=O)N[C@@H](CC(C)C)C(=O)N[C@@H](CCCN=C(N)N)C(=O)N1CCC[C@H]1C(=O)N[C@H](C)C(N)=O.O=C(O)c1cc2ccccc2c(Cc2c(O)c(C(=O)O)cc3ccccc23)c1O. The van der Waals surface area contributed by atoms with E-state index in [-0.39, 0.29) is 119 Å². The van der Waals surface area contributed by atoms with Crippen LogP contribution in [0.2, 0.25) is 5.02 Å². The molecule has 13 amide bonds. The standard InChI is InChI=1S/C70H92ClN17O14.C23H16O6/c1-39(2)31-52(61(94)82-51(15-9-28-77-69(73)74)68(101)88-30-10-16-58(88)67(100)79-40(3)59(72)92)83-60(93)50(14-8-29-78-70(75)102)81-63(96)54(34-43-20-25-49(91)26-21-43)86-66(99)57(38-89)87-65(98)56(36-45-11-7-27-76-37-45)85-64(97)55(33-42-18-23-48(71)24-19-42)84-62(95)53(80-41(4)90)35-44-17-22-46-12-5-6-13-47(46)32-44;24-20-16(14-7-3-1-5-12(14)9-18(20)22(26)27)11-17-15-8-4-2-6-13(15)10-19(21(17)25)23(28)29/h5-7,11-13,17-27,32,37,39-40,50-58,89,91H,8-10,14-16,28-31,33-36,38H2,1-4H3,(H2,72,92)(H,79,100)(H,80,90)(H,81,96)(H,82,94)(H,83,93)(H,84,95)(H,85,97)(H,86,99)(H,87,98)(H4,73,74,77)(H3,75,78,102);1-10,24-25H,11H2,(H,26,27)(H,28,29)/t40-,50-,51+,52+,53-,54+,55+,56-,57+,58+;/m1./s1. The maximum Gasteiger partial charge on any atom is 0.339 e. The molecule has 8 aromatic carbocycles. The van der Waals surface area contributed by atoms with E-state index >= 15 is 0 Å². The number of hydrogen-bond donors (Lipinski definition) is 20. The molecule has 0 bridgehead atoms. The number of primary amides is 2. The molecule has 37 nitrogen and oxygen atoms in total. The number of fused-ring (bicyclic) bond motifs is 3. The second kappa shape index (κ2) is 47.7. The fourth-order valence-corrected chi connectivity index (χ4v) is 15.2. The molecule has 1 saturated heterocycles. The van der Waals surface area contributed by atoms with Gasteiger partial charge in [-0.05, 0) is 155 Å². The summed E-state index contributed by atoms with van der Waals surface area (Å²) < 4.78 is 0. The Morgan fingerprint density at radius 2 is 0.954 bits per heavy atom. The van der Waals surface area contributed by atoms with Crippen molar-refractivity contribution in [3.63, 3.8) is 0 Å². The number of carbonyl (C=O) groups is 14. The molecule has 38 heteroatoms. The van der Waals surface area contributed by atoms with E-state index in [1.165, 1.54) is 67.5 Å². The molecule has 0 spiro atoms. The quantitative estimate of drug-likeness (QED) is 0.0147. The van der Waals surface area contributed by atoms with Gasteiger partial charge in [0.05, 0.1) is 6.61 Å². The van der Waals surface area contributed by atoms with Crippen molar-refractivity contribution in [2.24, 2.45) is 33.8 Å². The van der Waals surface area contributed by atoms with Crippen molar-refractivity contribution < 1.29 is 97.8 Å². The van der Waals surface area contributed by atoms with Crippen LogP contribution in [0.4, 0.5) is 4.79 Å². The van der Waals surface area contributed by atoms with Crippen molar-refractivity contribution in [2.75, 3.05) is 26.2 Å². The third-order valence-corrected chi connectivity index (χ3v) is 22.0. The first-order valence-corrected chi connectivity index (χ1v) is 42.7. The zero-order valence-corrected chi connectivity index (χ0v) is 73.1. The zero-order chi connectivity index (χ0) is 95.3. The van der Waals surface area contributed by atoms with Crippen LogP contribution in [-0.4, -0.2) is 216 Å². The van der Waals surface area contributed by atoms with Gasteiger partial charge in [0.2, 0.25) is 65.0 Å². The Kier molecular flexibility index (Phi) is 36.3. The molecule has 9 aromatic rings. The number of carboxylic acids is 2. The molecule has 0 unspecified atom stereocenters. The Morgan fingerprint density at radius 1 is 0.496 bits per heavy atom. The molecular weight excluding hydrogens is 1710 g/mol. The fraction of sp³-hybridized carbons (Fsp3) is 0.333. The van der Waals surface area contributed by atoms with Crippen LogP contribution in [-0.2, 0) is 84.8 Å². The van der Waals surface area contributed by atoms with Gasteiger partial charge < -0.3 is 112 Å². The summed E-state index contributed by atoms with van der Waals surface area (Å²) in [6.07, 6.45) is 2.66. The smallest absolute Gasteiger partial charge is 0.339 e. The van der Waals surface area contributed by atoms with Crippen LogP contribution in [0.25, 0.3) is 32.3 Å². The molecule has 0 aliphatic carbocycles. The molecule has 692 valence electrons. The lowest BCUT2D eigenvalue weighted by molar-refractivity contribution is -0.142. The minimum atomic E-state index is -1.85. The topological polar surface area (TPSA) is 613 Å².